The fourth-order valence-electron chi connectivity index (χ4n) is 0.762. The van der Waals surface area contributed by atoms with E-state index < -0.39 is 0 Å². The number of nitrogens with zero attached hydrogens (tertiary/aromatic N) is 1. The van der Waals surface area contributed by atoms with Gasteiger partial charge in [0.1, 0.15) is 0 Å². The lowest BCUT2D eigenvalue weighted by molar-refractivity contribution is 0.317. The first-order valence-corrected chi connectivity index (χ1v) is 3.56. The van der Waals surface area contributed by atoms with Crippen molar-refractivity contribution < 1.29 is 0 Å². The predicted octanol–water partition coefficient (Wildman–Crippen LogP) is 1.08. The molecule has 0 aliphatic rings. The molecule has 0 aromatic heterocycles. The highest BCUT2D eigenvalue weighted by Crippen LogP contribution is 2.03. The highest BCUT2D eigenvalue weighted by atomic mass is 15.7. The van der Waals surface area contributed by atoms with Crippen LogP contribution in [0.4, 0.5) is 5.69 Å². The molecule has 0 heterocycles. The lowest BCUT2D eigenvalue weighted by atomic mass is 10.3. The van der Waals surface area contributed by atoms with Gasteiger partial charge in [-0.15, -0.1) is 0 Å². The molecule has 0 radical (unpaired) electrons. The summed E-state index contributed by atoms with van der Waals surface area (Å²) in [6.07, 6.45) is 0. The number of hydrazine groups is 2. The minimum Gasteiger partial charge on any atom is -0.306 e. The molecule has 0 bridgehead atoms. The number of benzene rings is 1. The molecule has 1 aromatic rings. The maximum atomic E-state index is 3.11. The Morgan fingerprint density at radius 1 is 1.18 bits per heavy atom. The molecule has 1 aromatic carbocycles. The Morgan fingerprint density at radius 2 is 1.82 bits per heavy atom. The van der Waals surface area contributed by atoms with Crippen LogP contribution < -0.4 is 10.9 Å². The number of hydrogen-bond donors (Lipinski definition) is 2. The van der Waals surface area contributed by atoms with Crippen molar-refractivity contribution in [1.29, 1.82) is 0 Å². The normalized spacial score (nSPS) is 10.1. The smallest absolute Gasteiger partial charge is 0.0503 e. The van der Waals surface area contributed by atoms with Gasteiger partial charge in [-0.2, -0.15) is 5.12 Å². The molecule has 3 heteroatoms. The third-order valence-corrected chi connectivity index (χ3v) is 1.41. The zero-order valence-corrected chi connectivity index (χ0v) is 6.83. The van der Waals surface area contributed by atoms with Gasteiger partial charge in [0, 0.05) is 14.1 Å². The predicted molar refractivity (Wildman–Crippen MR) is 46.9 cm³/mol. The van der Waals surface area contributed by atoms with E-state index in [0.29, 0.717) is 0 Å². The summed E-state index contributed by atoms with van der Waals surface area (Å²) in [4.78, 5) is 0. The molecule has 0 atom stereocenters. The molecule has 0 spiro atoms. The van der Waals surface area contributed by atoms with E-state index in [0.717, 1.165) is 5.69 Å². The van der Waals surface area contributed by atoms with Crippen LogP contribution >= 0.6 is 0 Å². The van der Waals surface area contributed by atoms with E-state index in [1.807, 2.05) is 44.4 Å². The summed E-state index contributed by atoms with van der Waals surface area (Å²) in [6.45, 7) is 0. The van der Waals surface area contributed by atoms with Crippen LogP contribution in [-0.4, -0.2) is 19.2 Å². The van der Waals surface area contributed by atoms with Crippen LogP contribution in [0.15, 0.2) is 30.3 Å². The molecule has 0 aliphatic carbocycles. The monoisotopic (exact) mass is 151 g/mol. The van der Waals surface area contributed by atoms with E-state index in [1.165, 1.54) is 0 Å². The highest BCUT2D eigenvalue weighted by Gasteiger charge is 1.91. The molecular weight excluding hydrogens is 138 g/mol. The first kappa shape index (κ1) is 8.04. The zero-order valence-electron chi connectivity index (χ0n) is 6.83. The van der Waals surface area contributed by atoms with Crippen molar-refractivity contribution >= 4 is 5.69 Å². The molecule has 60 valence electrons. The lowest BCUT2D eigenvalue weighted by Crippen LogP contribution is -2.35. The van der Waals surface area contributed by atoms with Crippen LogP contribution in [0.2, 0.25) is 0 Å². The molecule has 0 saturated carbocycles. The maximum Gasteiger partial charge on any atom is 0.0503 e. The Labute approximate surface area is 67.0 Å². The second-order valence-corrected chi connectivity index (χ2v) is 2.26. The van der Waals surface area contributed by atoms with Gasteiger partial charge in [-0.1, -0.05) is 18.2 Å². The van der Waals surface area contributed by atoms with E-state index in [4.69, 9.17) is 0 Å². The van der Waals surface area contributed by atoms with Gasteiger partial charge < -0.3 is 5.43 Å². The molecule has 0 aliphatic heterocycles. The average molecular weight is 151 g/mol. The standard InChI is InChI=1S/C8H13N3/c1-9-11(2)10-8-6-4-3-5-7-8/h3-7,9-10H,1-2H3. The molecule has 1 rings (SSSR count). The SMILES string of the molecule is CNN(C)Nc1ccccc1. The van der Waals surface area contributed by atoms with E-state index in [2.05, 4.69) is 10.9 Å². The number of nitrogens with one attached hydrogen (secondary N) is 2. The number of hydrogen-bond acceptors (Lipinski definition) is 3. The Balaban J connectivity index is 2.51. The second kappa shape index (κ2) is 3.95. The van der Waals surface area contributed by atoms with Crippen LogP contribution in [0.3, 0.4) is 0 Å². The second-order valence-electron chi connectivity index (χ2n) is 2.26. The lowest BCUT2D eigenvalue weighted by Gasteiger charge is -2.17. The van der Waals surface area contributed by atoms with Crippen molar-refractivity contribution in [3.8, 4) is 0 Å². The summed E-state index contributed by atoms with van der Waals surface area (Å²) < 4.78 is 0. The van der Waals surface area contributed by atoms with Crippen LogP contribution in [0.1, 0.15) is 0 Å². The minimum absolute atomic E-state index is 1.07. The van der Waals surface area contributed by atoms with Gasteiger partial charge in [-0.3, -0.25) is 0 Å². The molecule has 11 heavy (non-hydrogen) atoms. The molecule has 0 saturated heterocycles. The molecule has 2 N–H and O–H groups in total. The molecule has 0 amide bonds. The Kier molecular flexibility index (Phi) is 2.89. The van der Waals surface area contributed by atoms with E-state index >= 15 is 0 Å². The summed E-state index contributed by atoms with van der Waals surface area (Å²) in [5.74, 6) is 0. The minimum atomic E-state index is 1.07. The topological polar surface area (TPSA) is 27.3 Å². The maximum absolute atomic E-state index is 3.11. The van der Waals surface area contributed by atoms with Crippen LogP contribution in [0, 0.1) is 0 Å². The van der Waals surface area contributed by atoms with Crippen molar-refractivity contribution in [2.45, 2.75) is 0 Å². The van der Waals surface area contributed by atoms with Crippen molar-refractivity contribution in [2.24, 2.45) is 0 Å². The Hall–Kier alpha value is -1.06. The van der Waals surface area contributed by atoms with E-state index in [1.54, 1.807) is 5.12 Å². The first-order valence-electron chi connectivity index (χ1n) is 3.56. The Morgan fingerprint density at radius 3 is 2.36 bits per heavy atom. The molecular formula is C8H13N3. The number of rotatable bonds is 3. The van der Waals surface area contributed by atoms with Gasteiger partial charge in [0.2, 0.25) is 0 Å². The van der Waals surface area contributed by atoms with Gasteiger partial charge in [0.05, 0.1) is 5.69 Å². The summed E-state index contributed by atoms with van der Waals surface area (Å²) in [5.41, 5.74) is 7.12. The van der Waals surface area contributed by atoms with Crippen LogP contribution in [0.25, 0.3) is 0 Å². The fourth-order valence-corrected chi connectivity index (χ4v) is 0.762. The largest absolute Gasteiger partial charge is 0.306 e. The summed E-state index contributed by atoms with van der Waals surface area (Å²) in [5, 5.41) is 1.79. The van der Waals surface area contributed by atoms with E-state index in [9.17, 15) is 0 Å². The van der Waals surface area contributed by atoms with Gasteiger partial charge in [0.25, 0.3) is 0 Å². The van der Waals surface area contributed by atoms with Crippen LogP contribution in [-0.2, 0) is 0 Å². The van der Waals surface area contributed by atoms with Gasteiger partial charge in [-0.05, 0) is 12.1 Å². The average Bonchev–Trinajstić information content (AvgIpc) is 2.06. The fraction of sp³-hybridized carbons (Fsp3) is 0.250. The van der Waals surface area contributed by atoms with Crippen molar-refractivity contribution in [2.75, 3.05) is 19.5 Å². The van der Waals surface area contributed by atoms with Crippen molar-refractivity contribution in [3.05, 3.63) is 30.3 Å². The molecule has 0 fully saturated rings. The number of anilines is 1. The summed E-state index contributed by atoms with van der Waals surface area (Å²) in [6, 6.07) is 9.99. The summed E-state index contributed by atoms with van der Waals surface area (Å²) in [7, 11) is 3.77. The van der Waals surface area contributed by atoms with Crippen molar-refractivity contribution in [1.82, 2.24) is 10.5 Å². The Bertz CT molecular complexity index is 198. The zero-order chi connectivity index (χ0) is 8.10. The van der Waals surface area contributed by atoms with Crippen LogP contribution in [0.5, 0.6) is 0 Å². The van der Waals surface area contributed by atoms with Gasteiger partial charge >= 0.3 is 0 Å². The first-order chi connectivity index (χ1) is 5.33. The third-order valence-electron chi connectivity index (χ3n) is 1.41. The highest BCUT2D eigenvalue weighted by molar-refractivity contribution is 5.40. The number of para-hydroxylation sites is 1. The van der Waals surface area contributed by atoms with E-state index in [-0.39, 0.29) is 0 Å². The third kappa shape index (κ3) is 2.57. The quantitative estimate of drug-likeness (QED) is 0.633. The summed E-state index contributed by atoms with van der Waals surface area (Å²) >= 11 is 0. The van der Waals surface area contributed by atoms with Crippen molar-refractivity contribution in [3.63, 3.8) is 0 Å². The van der Waals surface area contributed by atoms with Gasteiger partial charge in [-0.25, -0.2) is 5.43 Å². The van der Waals surface area contributed by atoms with Gasteiger partial charge in [0.15, 0.2) is 0 Å². The molecule has 0 unspecified atom stereocenters. The molecule has 3 nitrogen and oxygen atoms in total.